The van der Waals surface area contributed by atoms with Crippen LogP contribution in [0, 0.1) is 0 Å². The molecule has 0 spiro atoms. The van der Waals surface area contributed by atoms with Crippen LogP contribution in [0.25, 0.3) is 10.8 Å². The summed E-state index contributed by atoms with van der Waals surface area (Å²) in [5, 5.41) is 5.83. The number of amides is 1. The number of piperidine rings is 1. The van der Waals surface area contributed by atoms with E-state index in [4.69, 9.17) is 0 Å². The van der Waals surface area contributed by atoms with Gasteiger partial charge in [-0.2, -0.15) is 0 Å². The van der Waals surface area contributed by atoms with Gasteiger partial charge in [0, 0.05) is 12.6 Å². The Morgan fingerprint density at radius 2 is 1.84 bits per heavy atom. The van der Waals surface area contributed by atoms with Gasteiger partial charge in [0.25, 0.3) is 0 Å². The van der Waals surface area contributed by atoms with Crippen molar-refractivity contribution in [2.45, 2.75) is 45.1 Å². The maximum Gasteiger partial charge on any atom is 0.230 e. The first-order chi connectivity index (χ1) is 11.7. The Bertz CT molecular complexity index is 697. The number of nitrogens with one attached hydrogen (secondary N) is 1. The zero-order valence-corrected chi connectivity index (χ0v) is 16.0. The molecule has 1 atom stereocenters. The van der Waals surface area contributed by atoms with Crippen molar-refractivity contribution in [3.63, 3.8) is 0 Å². The quantitative estimate of drug-likeness (QED) is 0.859. The molecule has 0 radical (unpaired) electrons. The molecular formula is C21H29ClN2O. The molecule has 1 amide bonds. The molecule has 0 aromatic heterocycles. The summed E-state index contributed by atoms with van der Waals surface area (Å²) in [6.07, 6.45) is 3.15. The second-order valence-electron chi connectivity index (χ2n) is 6.84. The fourth-order valence-corrected chi connectivity index (χ4v) is 3.70. The molecule has 1 heterocycles. The maximum absolute atomic E-state index is 13.2. The van der Waals surface area contributed by atoms with Crippen molar-refractivity contribution >= 4 is 29.1 Å². The summed E-state index contributed by atoms with van der Waals surface area (Å²) in [7, 11) is 0. The zero-order chi connectivity index (χ0) is 16.9. The van der Waals surface area contributed by atoms with Gasteiger partial charge < -0.3 is 10.2 Å². The minimum Gasteiger partial charge on any atom is -0.339 e. The number of hydrogen-bond acceptors (Lipinski definition) is 2. The van der Waals surface area contributed by atoms with Crippen LogP contribution in [0.5, 0.6) is 0 Å². The molecule has 2 aromatic rings. The molecule has 0 bridgehead atoms. The Balaban J connectivity index is 0.00000225. The van der Waals surface area contributed by atoms with Crippen LogP contribution in [-0.4, -0.2) is 36.5 Å². The molecule has 1 aliphatic rings. The summed E-state index contributed by atoms with van der Waals surface area (Å²) in [6, 6.07) is 15.1. The number of fused-ring (bicyclic) bond motifs is 1. The molecule has 0 aliphatic carbocycles. The SMILES string of the molecule is CCCN(C(=O)C(C)c1ccc2ccccc2c1)C1CCNCC1.Cl. The van der Waals surface area contributed by atoms with E-state index < -0.39 is 0 Å². The fourth-order valence-electron chi connectivity index (χ4n) is 3.70. The van der Waals surface area contributed by atoms with Gasteiger partial charge in [-0.05, 0) is 55.6 Å². The lowest BCUT2D eigenvalue weighted by Crippen LogP contribution is -2.47. The molecule has 0 saturated carbocycles. The smallest absolute Gasteiger partial charge is 0.230 e. The highest BCUT2D eigenvalue weighted by Crippen LogP contribution is 2.25. The summed E-state index contributed by atoms with van der Waals surface area (Å²) in [5.41, 5.74) is 1.12. The molecule has 2 aromatic carbocycles. The lowest BCUT2D eigenvalue weighted by atomic mass is 9.94. The van der Waals surface area contributed by atoms with Crippen LogP contribution in [0.1, 0.15) is 44.6 Å². The van der Waals surface area contributed by atoms with Crippen molar-refractivity contribution in [3.05, 3.63) is 48.0 Å². The van der Waals surface area contributed by atoms with Crippen molar-refractivity contribution < 1.29 is 4.79 Å². The monoisotopic (exact) mass is 360 g/mol. The molecule has 136 valence electrons. The van der Waals surface area contributed by atoms with Crippen LogP contribution < -0.4 is 5.32 Å². The topological polar surface area (TPSA) is 32.3 Å². The van der Waals surface area contributed by atoms with Gasteiger partial charge in [-0.1, -0.05) is 49.4 Å². The number of carbonyl (C=O) groups is 1. The van der Waals surface area contributed by atoms with Crippen LogP contribution in [0.15, 0.2) is 42.5 Å². The van der Waals surface area contributed by atoms with E-state index in [0.717, 1.165) is 44.5 Å². The van der Waals surface area contributed by atoms with Crippen molar-refractivity contribution in [1.29, 1.82) is 0 Å². The predicted octanol–water partition coefficient (Wildman–Crippen LogP) is 4.36. The van der Waals surface area contributed by atoms with Crippen LogP contribution in [-0.2, 0) is 4.79 Å². The molecule has 3 nitrogen and oxygen atoms in total. The number of hydrogen-bond donors (Lipinski definition) is 1. The third-order valence-corrected chi connectivity index (χ3v) is 5.14. The Hall–Kier alpha value is -1.58. The van der Waals surface area contributed by atoms with Crippen molar-refractivity contribution in [2.24, 2.45) is 0 Å². The number of carbonyl (C=O) groups excluding carboxylic acids is 1. The summed E-state index contributed by atoms with van der Waals surface area (Å²) in [6.45, 7) is 7.10. The fraction of sp³-hybridized carbons (Fsp3) is 0.476. The minimum absolute atomic E-state index is 0. The molecule has 3 rings (SSSR count). The number of benzene rings is 2. The van der Waals surface area contributed by atoms with E-state index in [1.165, 1.54) is 10.8 Å². The van der Waals surface area contributed by atoms with Crippen molar-refractivity contribution in [2.75, 3.05) is 19.6 Å². The summed E-state index contributed by atoms with van der Waals surface area (Å²) < 4.78 is 0. The normalized spacial score (nSPS) is 16.2. The molecule has 1 fully saturated rings. The first-order valence-corrected chi connectivity index (χ1v) is 9.20. The van der Waals surface area contributed by atoms with Gasteiger partial charge in [0.15, 0.2) is 0 Å². The lowest BCUT2D eigenvalue weighted by molar-refractivity contribution is -0.135. The van der Waals surface area contributed by atoms with E-state index in [1.807, 2.05) is 0 Å². The number of rotatable bonds is 5. The minimum atomic E-state index is -0.0870. The van der Waals surface area contributed by atoms with E-state index in [0.29, 0.717) is 6.04 Å². The van der Waals surface area contributed by atoms with Gasteiger partial charge in [0.2, 0.25) is 5.91 Å². The van der Waals surface area contributed by atoms with Gasteiger partial charge >= 0.3 is 0 Å². The standard InChI is InChI=1S/C21H28N2O.ClH/c1-3-14-23(20-10-12-22-13-11-20)21(24)16(2)18-9-8-17-6-4-5-7-19(17)15-18;/h4-9,15-16,20,22H,3,10-14H2,1-2H3;1H. The molecule has 1 aliphatic heterocycles. The predicted molar refractivity (Wildman–Crippen MR) is 108 cm³/mol. The van der Waals surface area contributed by atoms with Gasteiger partial charge in [-0.3, -0.25) is 4.79 Å². The summed E-state index contributed by atoms with van der Waals surface area (Å²) >= 11 is 0. The Morgan fingerprint density at radius 3 is 2.52 bits per heavy atom. The largest absolute Gasteiger partial charge is 0.339 e. The third kappa shape index (κ3) is 4.53. The van der Waals surface area contributed by atoms with Crippen molar-refractivity contribution in [3.8, 4) is 0 Å². The second-order valence-corrected chi connectivity index (χ2v) is 6.84. The second kappa shape index (κ2) is 9.21. The van der Waals surface area contributed by atoms with Crippen LogP contribution in [0.4, 0.5) is 0 Å². The number of halogens is 1. The highest BCUT2D eigenvalue weighted by molar-refractivity contribution is 5.87. The number of nitrogens with zero attached hydrogens (tertiary/aromatic N) is 1. The summed E-state index contributed by atoms with van der Waals surface area (Å²) in [4.78, 5) is 15.3. The van der Waals surface area contributed by atoms with Gasteiger partial charge in [0.05, 0.1) is 5.92 Å². The zero-order valence-electron chi connectivity index (χ0n) is 15.2. The first-order valence-electron chi connectivity index (χ1n) is 9.20. The lowest BCUT2D eigenvalue weighted by Gasteiger charge is -2.36. The molecule has 1 N–H and O–H groups in total. The molecule has 1 saturated heterocycles. The van der Waals surface area contributed by atoms with Crippen LogP contribution in [0.2, 0.25) is 0 Å². The van der Waals surface area contributed by atoms with Crippen LogP contribution in [0.3, 0.4) is 0 Å². The molecule has 1 unspecified atom stereocenters. The average molecular weight is 361 g/mol. The van der Waals surface area contributed by atoms with E-state index >= 15 is 0 Å². The average Bonchev–Trinajstić information content (AvgIpc) is 2.65. The highest BCUT2D eigenvalue weighted by Gasteiger charge is 2.28. The van der Waals surface area contributed by atoms with Gasteiger partial charge in [-0.15, -0.1) is 12.4 Å². The van der Waals surface area contributed by atoms with E-state index in [2.05, 4.69) is 66.5 Å². The highest BCUT2D eigenvalue weighted by atomic mass is 35.5. The summed E-state index contributed by atoms with van der Waals surface area (Å²) in [5.74, 6) is 0.190. The van der Waals surface area contributed by atoms with Crippen molar-refractivity contribution in [1.82, 2.24) is 10.2 Å². The van der Waals surface area contributed by atoms with E-state index in [-0.39, 0.29) is 24.2 Å². The first kappa shape index (κ1) is 19.7. The Labute approximate surface area is 157 Å². The molecule has 4 heteroatoms. The Morgan fingerprint density at radius 1 is 1.16 bits per heavy atom. The van der Waals surface area contributed by atoms with Gasteiger partial charge in [0.1, 0.15) is 0 Å². The maximum atomic E-state index is 13.2. The van der Waals surface area contributed by atoms with Gasteiger partial charge in [-0.25, -0.2) is 0 Å². The third-order valence-electron chi connectivity index (χ3n) is 5.14. The van der Waals surface area contributed by atoms with Crippen LogP contribution >= 0.6 is 12.4 Å². The van der Waals surface area contributed by atoms with E-state index in [9.17, 15) is 4.79 Å². The molecule has 25 heavy (non-hydrogen) atoms. The van der Waals surface area contributed by atoms with E-state index in [1.54, 1.807) is 0 Å². The Kier molecular flexibility index (Phi) is 7.27. The molecular weight excluding hydrogens is 332 g/mol.